The van der Waals surface area contributed by atoms with Gasteiger partial charge < -0.3 is 25.2 Å². The molecule has 1 aliphatic heterocycles. The number of nitrogens with one attached hydrogen (secondary N) is 2. The molecule has 0 radical (unpaired) electrons. The highest BCUT2D eigenvalue weighted by Crippen LogP contribution is 2.14. The number of benzene rings is 1. The maximum atomic E-state index is 12.1. The van der Waals surface area contributed by atoms with Crippen molar-refractivity contribution in [2.45, 2.75) is 40.7 Å². The standard InChI is InChI=1S/C22H35N5O3/c1-5-17(4)20(28)25-19-10-8-9-18(15-19)16-24-21(23-6-2)26-11-13-27(14-12-26)22(29)30-7-3/h8-10,15,17H,5-7,11-14,16H2,1-4H3,(H,23,24)(H,25,28). The Labute approximate surface area is 179 Å². The van der Waals surface area contributed by atoms with Crippen LogP contribution in [0.4, 0.5) is 10.5 Å². The minimum atomic E-state index is -0.254. The zero-order valence-corrected chi connectivity index (χ0v) is 18.6. The molecule has 1 fully saturated rings. The second-order valence-corrected chi connectivity index (χ2v) is 7.34. The predicted octanol–water partition coefficient (Wildman–Crippen LogP) is 2.91. The van der Waals surface area contributed by atoms with Gasteiger partial charge in [-0.2, -0.15) is 0 Å². The molecule has 0 saturated carbocycles. The van der Waals surface area contributed by atoms with Crippen LogP contribution in [0.2, 0.25) is 0 Å². The number of ether oxygens (including phenoxy) is 1. The summed E-state index contributed by atoms with van der Waals surface area (Å²) in [6, 6.07) is 7.80. The average Bonchev–Trinajstić information content (AvgIpc) is 2.76. The summed E-state index contributed by atoms with van der Waals surface area (Å²) in [5.41, 5.74) is 1.82. The number of amides is 2. The summed E-state index contributed by atoms with van der Waals surface area (Å²) in [6.45, 7) is 12.1. The number of hydrogen-bond donors (Lipinski definition) is 2. The van der Waals surface area contributed by atoms with Gasteiger partial charge in [0.25, 0.3) is 0 Å². The van der Waals surface area contributed by atoms with Crippen LogP contribution in [0.5, 0.6) is 0 Å². The van der Waals surface area contributed by atoms with Gasteiger partial charge in [0.05, 0.1) is 13.2 Å². The Hall–Kier alpha value is -2.77. The van der Waals surface area contributed by atoms with E-state index in [1.807, 2.05) is 52.0 Å². The van der Waals surface area contributed by atoms with E-state index in [9.17, 15) is 9.59 Å². The summed E-state index contributed by atoms with van der Waals surface area (Å²) in [7, 11) is 0. The van der Waals surface area contributed by atoms with Gasteiger partial charge in [-0.25, -0.2) is 9.79 Å². The third kappa shape index (κ3) is 6.93. The van der Waals surface area contributed by atoms with Crippen LogP contribution in [0.25, 0.3) is 0 Å². The van der Waals surface area contributed by atoms with E-state index in [-0.39, 0.29) is 17.9 Å². The fraction of sp³-hybridized carbons (Fsp3) is 0.591. The number of anilines is 1. The van der Waals surface area contributed by atoms with E-state index in [4.69, 9.17) is 9.73 Å². The lowest BCUT2D eigenvalue weighted by atomic mass is 10.1. The van der Waals surface area contributed by atoms with E-state index in [2.05, 4.69) is 15.5 Å². The van der Waals surface area contributed by atoms with Crippen LogP contribution >= 0.6 is 0 Å². The molecule has 1 heterocycles. The van der Waals surface area contributed by atoms with Gasteiger partial charge in [0, 0.05) is 44.3 Å². The number of hydrogen-bond acceptors (Lipinski definition) is 4. The predicted molar refractivity (Wildman–Crippen MR) is 120 cm³/mol. The Bertz CT molecular complexity index is 729. The molecule has 2 amide bonds. The molecule has 0 aromatic heterocycles. The monoisotopic (exact) mass is 417 g/mol. The molecule has 1 aliphatic rings. The Morgan fingerprint density at radius 1 is 1.13 bits per heavy atom. The molecule has 0 aliphatic carbocycles. The van der Waals surface area contributed by atoms with Gasteiger partial charge in [0.2, 0.25) is 5.91 Å². The van der Waals surface area contributed by atoms with Gasteiger partial charge >= 0.3 is 6.09 Å². The van der Waals surface area contributed by atoms with Crippen LogP contribution in [0.1, 0.15) is 39.7 Å². The van der Waals surface area contributed by atoms with Gasteiger partial charge in [-0.1, -0.05) is 26.0 Å². The summed E-state index contributed by atoms with van der Waals surface area (Å²) < 4.78 is 5.08. The Morgan fingerprint density at radius 2 is 1.83 bits per heavy atom. The number of rotatable bonds is 7. The van der Waals surface area contributed by atoms with Crippen molar-refractivity contribution in [1.29, 1.82) is 0 Å². The van der Waals surface area contributed by atoms with E-state index in [0.29, 0.717) is 39.3 Å². The number of nitrogens with zero attached hydrogens (tertiary/aromatic N) is 3. The zero-order valence-electron chi connectivity index (χ0n) is 18.6. The summed E-state index contributed by atoms with van der Waals surface area (Å²) in [6.07, 6.45) is 0.556. The van der Waals surface area contributed by atoms with E-state index in [1.54, 1.807) is 4.90 Å². The average molecular weight is 418 g/mol. The van der Waals surface area contributed by atoms with E-state index in [0.717, 1.165) is 30.2 Å². The molecule has 0 bridgehead atoms. The summed E-state index contributed by atoms with van der Waals surface area (Å²) in [5, 5.41) is 6.30. The lowest BCUT2D eigenvalue weighted by Gasteiger charge is -2.35. The first-order valence-corrected chi connectivity index (χ1v) is 10.8. The second kappa shape index (κ2) is 12.0. The van der Waals surface area contributed by atoms with Crippen LogP contribution in [-0.4, -0.2) is 67.1 Å². The smallest absolute Gasteiger partial charge is 0.409 e. The highest BCUT2D eigenvalue weighted by atomic mass is 16.6. The number of guanidine groups is 1. The highest BCUT2D eigenvalue weighted by Gasteiger charge is 2.23. The minimum absolute atomic E-state index is 0.0136. The van der Waals surface area contributed by atoms with Crippen molar-refractivity contribution < 1.29 is 14.3 Å². The number of carbonyl (C=O) groups is 2. The van der Waals surface area contributed by atoms with Crippen LogP contribution < -0.4 is 10.6 Å². The minimum Gasteiger partial charge on any atom is -0.450 e. The molecular formula is C22H35N5O3. The van der Waals surface area contributed by atoms with Crippen molar-refractivity contribution in [2.24, 2.45) is 10.9 Å². The van der Waals surface area contributed by atoms with Gasteiger partial charge in [0.1, 0.15) is 0 Å². The van der Waals surface area contributed by atoms with Crippen molar-refractivity contribution in [3.8, 4) is 0 Å². The topological polar surface area (TPSA) is 86.3 Å². The maximum Gasteiger partial charge on any atom is 0.409 e. The molecule has 8 heteroatoms. The fourth-order valence-electron chi connectivity index (χ4n) is 3.11. The quantitative estimate of drug-likeness (QED) is 0.526. The molecule has 1 unspecified atom stereocenters. The summed E-state index contributed by atoms with van der Waals surface area (Å²) in [5.74, 6) is 0.848. The highest BCUT2D eigenvalue weighted by molar-refractivity contribution is 5.92. The van der Waals surface area contributed by atoms with Crippen molar-refractivity contribution >= 4 is 23.6 Å². The molecule has 1 atom stereocenters. The van der Waals surface area contributed by atoms with E-state index in [1.165, 1.54) is 0 Å². The number of aliphatic imine (C=N–C) groups is 1. The first kappa shape index (κ1) is 23.5. The summed E-state index contributed by atoms with van der Waals surface area (Å²) in [4.78, 5) is 32.7. The van der Waals surface area contributed by atoms with Crippen molar-refractivity contribution in [3.05, 3.63) is 29.8 Å². The SMILES string of the molecule is CCNC(=NCc1cccc(NC(=O)C(C)CC)c1)N1CCN(C(=O)OCC)CC1. The molecule has 1 aromatic carbocycles. The largest absolute Gasteiger partial charge is 0.450 e. The van der Waals surface area contributed by atoms with Crippen molar-refractivity contribution in [2.75, 3.05) is 44.6 Å². The molecule has 8 nitrogen and oxygen atoms in total. The van der Waals surface area contributed by atoms with Crippen LogP contribution in [0.15, 0.2) is 29.3 Å². The van der Waals surface area contributed by atoms with Crippen LogP contribution in [0.3, 0.4) is 0 Å². The zero-order chi connectivity index (χ0) is 21.9. The Morgan fingerprint density at radius 3 is 2.47 bits per heavy atom. The van der Waals surface area contributed by atoms with Crippen LogP contribution in [0, 0.1) is 5.92 Å². The normalized spacial score (nSPS) is 15.5. The van der Waals surface area contributed by atoms with Crippen LogP contribution in [-0.2, 0) is 16.1 Å². The third-order valence-electron chi connectivity index (χ3n) is 5.11. The van der Waals surface area contributed by atoms with E-state index >= 15 is 0 Å². The third-order valence-corrected chi connectivity index (χ3v) is 5.11. The number of carbonyl (C=O) groups excluding carboxylic acids is 2. The Balaban J connectivity index is 1.99. The van der Waals surface area contributed by atoms with Gasteiger partial charge in [-0.15, -0.1) is 0 Å². The molecule has 1 saturated heterocycles. The second-order valence-electron chi connectivity index (χ2n) is 7.34. The van der Waals surface area contributed by atoms with Crippen molar-refractivity contribution in [1.82, 2.24) is 15.1 Å². The molecular weight excluding hydrogens is 382 g/mol. The fourth-order valence-corrected chi connectivity index (χ4v) is 3.11. The molecule has 166 valence electrons. The molecule has 2 N–H and O–H groups in total. The Kier molecular flexibility index (Phi) is 9.44. The molecule has 1 aromatic rings. The first-order valence-electron chi connectivity index (χ1n) is 10.8. The lowest BCUT2D eigenvalue weighted by Crippen LogP contribution is -2.53. The van der Waals surface area contributed by atoms with Gasteiger partial charge in [-0.05, 0) is 38.0 Å². The van der Waals surface area contributed by atoms with Gasteiger partial charge in [0.15, 0.2) is 5.96 Å². The van der Waals surface area contributed by atoms with E-state index < -0.39 is 0 Å². The number of piperazine rings is 1. The first-order chi connectivity index (χ1) is 14.5. The molecule has 30 heavy (non-hydrogen) atoms. The maximum absolute atomic E-state index is 12.1. The molecule has 0 spiro atoms. The molecule has 2 rings (SSSR count). The van der Waals surface area contributed by atoms with Crippen molar-refractivity contribution in [3.63, 3.8) is 0 Å². The lowest BCUT2D eigenvalue weighted by molar-refractivity contribution is -0.119. The van der Waals surface area contributed by atoms with Gasteiger partial charge in [-0.3, -0.25) is 4.79 Å². The summed E-state index contributed by atoms with van der Waals surface area (Å²) >= 11 is 0.